The highest BCUT2D eigenvalue weighted by Gasteiger charge is 2.83. The van der Waals surface area contributed by atoms with Crippen molar-refractivity contribution < 1.29 is 32.3 Å². The molecular weight excluding hydrogens is 515 g/mol. The number of allylic oxidation sites excluding steroid dienone is 1. The van der Waals surface area contributed by atoms with Gasteiger partial charge >= 0.3 is 12.1 Å². The van der Waals surface area contributed by atoms with E-state index in [2.05, 4.69) is 11.4 Å². The van der Waals surface area contributed by atoms with E-state index in [9.17, 15) is 37.6 Å². The zero-order valence-corrected chi connectivity index (χ0v) is 22.1. The molecule has 39 heavy (non-hydrogen) atoms. The van der Waals surface area contributed by atoms with Crippen molar-refractivity contribution in [2.45, 2.75) is 77.1 Å². The number of nitrogens with zero attached hydrogens (tertiary/aromatic N) is 2. The third-order valence-electron chi connectivity index (χ3n) is 10.8. The molecule has 0 radical (unpaired) electrons. The number of fused-ring (bicyclic) bond motifs is 1. The molecule has 6 atom stereocenters. The van der Waals surface area contributed by atoms with Crippen LogP contribution in [0.3, 0.4) is 0 Å². The maximum atomic E-state index is 13.9. The maximum Gasteiger partial charge on any atom is 0.471 e. The monoisotopic (exact) mass is 549 g/mol. The molecule has 12 heteroatoms. The van der Waals surface area contributed by atoms with Gasteiger partial charge in [-0.1, -0.05) is 20.3 Å². The zero-order chi connectivity index (χ0) is 28.5. The number of rotatable bonds is 7. The molecule has 5 fully saturated rings. The fourth-order valence-corrected chi connectivity index (χ4v) is 8.73. The van der Waals surface area contributed by atoms with Gasteiger partial charge < -0.3 is 21.3 Å². The average molecular weight is 550 g/mol. The Morgan fingerprint density at radius 1 is 1.26 bits per heavy atom. The topological polar surface area (TPSA) is 145 Å². The van der Waals surface area contributed by atoms with E-state index >= 15 is 0 Å². The lowest BCUT2D eigenvalue weighted by atomic mass is 9.50. The first-order valence-corrected chi connectivity index (χ1v) is 13.6. The number of alkyl halides is 3. The summed E-state index contributed by atoms with van der Waals surface area (Å²) in [4.78, 5) is 51.5. The first kappa shape index (κ1) is 27.5. The van der Waals surface area contributed by atoms with Crippen LogP contribution in [-0.2, 0) is 19.2 Å². The van der Waals surface area contributed by atoms with Crippen molar-refractivity contribution in [3.63, 3.8) is 0 Å². The molecular formula is C27H34F3N5O4. The molecule has 3 aliphatic carbocycles. The lowest BCUT2D eigenvalue weighted by Crippen LogP contribution is -2.63. The molecule has 5 rings (SSSR count). The van der Waals surface area contributed by atoms with Gasteiger partial charge in [0.2, 0.25) is 11.8 Å². The Kier molecular flexibility index (Phi) is 6.33. The van der Waals surface area contributed by atoms with Gasteiger partial charge in [-0.3, -0.25) is 14.4 Å². The van der Waals surface area contributed by atoms with Gasteiger partial charge in [0.1, 0.15) is 18.0 Å². The van der Waals surface area contributed by atoms with Crippen LogP contribution in [0, 0.1) is 51.2 Å². The number of nitriles is 1. The predicted octanol–water partition coefficient (Wildman–Crippen LogP) is 1.81. The molecule has 212 valence electrons. The quantitative estimate of drug-likeness (QED) is 0.413. The van der Waals surface area contributed by atoms with E-state index in [0.29, 0.717) is 31.5 Å². The maximum absolute atomic E-state index is 13.9. The van der Waals surface area contributed by atoms with Gasteiger partial charge in [0.15, 0.2) is 0 Å². The van der Waals surface area contributed by atoms with Gasteiger partial charge in [0.05, 0.1) is 17.7 Å². The summed E-state index contributed by atoms with van der Waals surface area (Å²) in [5.74, 6) is -3.68. The molecule has 0 aromatic rings. The lowest BCUT2D eigenvalue weighted by Gasteiger charge is -2.56. The summed E-state index contributed by atoms with van der Waals surface area (Å²) in [6, 6.07) is -0.347. The molecule has 2 heterocycles. The minimum absolute atomic E-state index is 0.0244. The van der Waals surface area contributed by atoms with Gasteiger partial charge in [-0.2, -0.15) is 18.4 Å². The van der Waals surface area contributed by atoms with Crippen LogP contribution in [0.2, 0.25) is 0 Å². The zero-order valence-electron chi connectivity index (χ0n) is 22.1. The Labute approximate surface area is 224 Å². The summed E-state index contributed by atoms with van der Waals surface area (Å²) in [6.45, 7) is 4.41. The molecule has 3 amide bonds. The molecule has 9 nitrogen and oxygen atoms in total. The van der Waals surface area contributed by atoms with Gasteiger partial charge in [0, 0.05) is 24.4 Å². The van der Waals surface area contributed by atoms with E-state index in [1.54, 1.807) is 0 Å². The van der Waals surface area contributed by atoms with Crippen LogP contribution in [0.15, 0.2) is 5.70 Å². The van der Waals surface area contributed by atoms with Gasteiger partial charge in [-0.15, -0.1) is 0 Å². The standard InChI is InChI=1S/C27H34F3N5O4/c1-24(2)18-12-35(20(21(32)37)26(18,24)16(11-31)8-14-4-7-33-17(14)13-36)22(38)19(34-23(39)27(28,29)30)15-9-25(10-15)5-3-6-25/h14-16,18-20,33H,3-10,12H2,1-2H3,(H2,32,37)(H,34,39)/t14-,16-,18?,19?,20?,26?/m1/s1. The average Bonchev–Trinajstić information content (AvgIpc) is 3.20. The van der Waals surface area contributed by atoms with Crippen molar-refractivity contribution in [2.24, 2.45) is 45.7 Å². The summed E-state index contributed by atoms with van der Waals surface area (Å²) in [5.41, 5.74) is 4.70. The van der Waals surface area contributed by atoms with Crippen molar-refractivity contribution >= 4 is 23.7 Å². The largest absolute Gasteiger partial charge is 0.471 e. The number of likely N-dealkylation sites (tertiary alicyclic amines) is 1. The van der Waals surface area contributed by atoms with Crippen LogP contribution in [0.4, 0.5) is 13.2 Å². The number of halogens is 3. The van der Waals surface area contributed by atoms with E-state index in [0.717, 1.165) is 19.3 Å². The predicted molar refractivity (Wildman–Crippen MR) is 130 cm³/mol. The number of nitrogens with two attached hydrogens (primary N) is 1. The van der Waals surface area contributed by atoms with Crippen molar-refractivity contribution in [2.75, 3.05) is 13.1 Å². The summed E-state index contributed by atoms with van der Waals surface area (Å²) in [7, 11) is 0. The van der Waals surface area contributed by atoms with Crippen LogP contribution >= 0.6 is 0 Å². The Bertz CT molecular complexity index is 1180. The van der Waals surface area contributed by atoms with Crippen molar-refractivity contribution in [3.8, 4) is 6.07 Å². The molecule has 0 aromatic carbocycles. The number of primary amides is 1. The molecule has 4 N–H and O–H groups in total. The summed E-state index contributed by atoms with van der Waals surface area (Å²) in [5, 5.41) is 15.2. The lowest BCUT2D eigenvalue weighted by molar-refractivity contribution is -0.177. The third-order valence-corrected chi connectivity index (χ3v) is 10.8. The van der Waals surface area contributed by atoms with Crippen LogP contribution in [0.25, 0.3) is 0 Å². The molecule has 3 saturated carbocycles. The summed E-state index contributed by atoms with van der Waals surface area (Å²) in [6.07, 6.45) is -0.297. The molecule has 4 unspecified atom stereocenters. The number of carbonyl (C=O) groups is 3. The Morgan fingerprint density at radius 3 is 2.44 bits per heavy atom. The second kappa shape index (κ2) is 8.98. The summed E-state index contributed by atoms with van der Waals surface area (Å²) >= 11 is 0. The van der Waals surface area contributed by atoms with E-state index in [1.165, 1.54) is 4.90 Å². The number of hydrogen-bond acceptors (Lipinski definition) is 6. The SMILES string of the molecule is CC1(C)C2CN(C(=O)C(NC(=O)C(F)(F)F)C3CC4(CCC4)C3)C(C(N)=O)C21[C@@H](C#N)C[C@H]1CCNC1=C=O. The minimum Gasteiger partial charge on any atom is -0.379 e. The highest BCUT2D eigenvalue weighted by molar-refractivity contribution is 5.94. The third kappa shape index (κ3) is 3.95. The smallest absolute Gasteiger partial charge is 0.379 e. The normalized spacial score (nSPS) is 34.9. The second-order valence-corrected chi connectivity index (χ2v) is 12.8. The van der Waals surface area contributed by atoms with Crippen LogP contribution < -0.4 is 16.4 Å². The minimum atomic E-state index is -5.17. The number of amides is 3. The number of hydrogen-bond donors (Lipinski definition) is 3. The molecule has 0 bridgehead atoms. The number of carbonyl (C=O) groups excluding carboxylic acids is 4. The highest BCUT2D eigenvalue weighted by atomic mass is 19.4. The highest BCUT2D eigenvalue weighted by Crippen LogP contribution is 2.78. The van der Waals surface area contributed by atoms with Crippen molar-refractivity contribution in [1.29, 1.82) is 5.26 Å². The van der Waals surface area contributed by atoms with Crippen molar-refractivity contribution in [3.05, 3.63) is 5.70 Å². The first-order valence-electron chi connectivity index (χ1n) is 13.6. The van der Waals surface area contributed by atoms with Gasteiger partial charge in [-0.05, 0) is 61.2 Å². The van der Waals surface area contributed by atoms with Crippen LogP contribution in [0.5, 0.6) is 0 Å². The van der Waals surface area contributed by atoms with E-state index < -0.39 is 58.6 Å². The van der Waals surface area contributed by atoms with E-state index in [4.69, 9.17) is 5.73 Å². The van der Waals surface area contributed by atoms with E-state index in [-0.39, 0.29) is 30.2 Å². The van der Waals surface area contributed by atoms with Crippen LogP contribution in [-0.4, -0.2) is 59.9 Å². The molecule has 2 saturated heterocycles. The Balaban J connectivity index is 1.45. The number of piperidine rings is 1. The molecule has 5 aliphatic rings. The van der Waals surface area contributed by atoms with E-state index in [1.807, 2.05) is 25.1 Å². The molecule has 2 aliphatic heterocycles. The Hall–Kier alpha value is -3.06. The fraction of sp³-hybridized carbons (Fsp3) is 0.778. The van der Waals surface area contributed by atoms with Crippen LogP contribution in [0.1, 0.15) is 58.8 Å². The van der Waals surface area contributed by atoms with Gasteiger partial charge in [-0.25, -0.2) is 4.79 Å². The Morgan fingerprint density at radius 2 is 1.92 bits per heavy atom. The van der Waals surface area contributed by atoms with Crippen molar-refractivity contribution in [1.82, 2.24) is 15.5 Å². The summed E-state index contributed by atoms with van der Waals surface area (Å²) < 4.78 is 39.7. The molecule has 1 spiro atoms. The fourth-order valence-electron chi connectivity index (χ4n) is 8.73. The number of nitrogens with one attached hydrogen (secondary N) is 2. The first-order chi connectivity index (χ1) is 18.2. The second-order valence-electron chi connectivity index (χ2n) is 12.8. The molecule has 0 aromatic heterocycles. The van der Waals surface area contributed by atoms with Gasteiger partial charge in [0.25, 0.3) is 0 Å².